The fourth-order valence-corrected chi connectivity index (χ4v) is 6.45. The molecule has 1 aromatic carbocycles. The smallest absolute Gasteiger partial charge is 0.103 e. The number of hydrogen-bond acceptors (Lipinski definition) is 3. The van der Waals surface area contributed by atoms with E-state index in [9.17, 15) is 0 Å². The number of aliphatic imine (C=N–C) groups is 1. The molecule has 236 valence electrons. The molecule has 0 unspecified atom stereocenters. The summed E-state index contributed by atoms with van der Waals surface area (Å²) in [6.07, 6.45) is 22.2. The van der Waals surface area contributed by atoms with Crippen molar-refractivity contribution in [1.29, 1.82) is 0 Å². The van der Waals surface area contributed by atoms with Gasteiger partial charge in [0, 0.05) is 39.9 Å². The minimum absolute atomic E-state index is 0.590. The average molecular weight is 603 g/mol. The first kappa shape index (κ1) is 34.9. The highest BCUT2D eigenvalue weighted by atomic mass is 32.1. The molecule has 0 radical (unpaired) electrons. The zero-order chi connectivity index (χ0) is 30.9. The first-order valence-electron chi connectivity index (χ1n) is 17.0. The molecular weight excluding hydrogens is 545 g/mol. The van der Waals surface area contributed by atoms with Crippen molar-refractivity contribution in [3.63, 3.8) is 0 Å². The Hall–Kier alpha value is -2.63. The normalized spacial score (nSPS) is 15.2. The van der Waals surface area contributed by atoms with E-state index in [-0.39, 0.29) is 0 Å². The van der Waals surface area contributed by atoms with E-state index < -0.39 is 0 Å². The Morgan fingerprint density at radius 2 is 1.74 bits per heavy atom. The fraction of sp³-hybridized carbons (Fsp3) is 0.553. The van der Waals surface area contributed by atoms with E-state index in [4.69, 9.17) is 4.99 Å². The van der Waals surface area contributed by atoms with Gasteiger partial charge in [-0.15, -0.1) is 0 Å². The number of anilines is 1. The third-order valence-electron chi connectivity index (χ3n) is 8.36. The maximum Gasteiger partial charge on any atom is 0.103 e. The second kappa shape index (κ2) is 19.6. The molecule has 1 aliphatic carbocycles. The van der Waals surface area contributed by atoms with E-state index in [1.807, 2.05) is 6.92 Å². The summed E-state index contributed by atoms with van der Waals surface area (Å²) in [6, 6.07) is 11.8. The lowest BCUT2D eigenvalue weighted by atomic mass is 9.95. The molecule has 2 heterocycles. The van der Waals surface area contributed by atoms with Gasteiger partial charge in [0.05, 0.1) is 5.69 Å². The molecule has 0 aliphatic heterocycles. The Labute approximate surface area is 266 Å². The largest absolute Gasteiger partial charge is 0.344 e. The summed E-state index contributed by atoms with van der Waals surface area (Å²) >= 11 is 1.69. The summed E-state index contributed by atoms with van der Waals surface area (Å²) < 4.78 is 2.57. The molecule has 3 aromatic rings. The standard InChI is InChI=1S/C29H37N3S.C9H21N/c1-4-6-12-29-27(19-30-22(3)31-25-17-18-33-21-25)28(24-15-13-23(5-2)14-16-24)20-32(29)26-10-8-7-9-11-26;1-4-6-7-9-10(3)8-5-2/h12-21,26H,4-11H2,1-3H3,(H,30,31);4-9H2,1-3H3/b27-19-,29-12-;. The van der Waals surface area contributed by atoms with E-state index in [1.54, 1.807) is 11.3 Å². The van der Waals surface area contributed by atoms with Gasteiger partial charge in [0.1, 0.15) is 5.84 Å². The van der Waals surface area contributed by atoms with E-state index in [0.717, 1.165) is 30.8 Å². The van der Waals surface area contributed by atoms with Gasteiger partial charge < -0.3 is 14.8 Å². The summed E-state index contributed by atoms with van der Waals surface area (Å²) in [7, 11) is 2.21. The minimum Gasteiger partial charge on any atom is -0.344 e. The Morgan fingerprint density at radius 3 is 2.37 bits per heavy atom. The second-order valence-corrected chi connectivity index (χ2v) is 12.9. The van der Waals surface area contributed by atoms with Crippen LogP contribution in [0.4, 0.5) is 5.69 Å². The molecule has 4 rings (SSSR count). The van der Waals surface area contributed by atoms with Gasteiger partial charge in [-0.3, -0.25) is 0 Å². The molecule has 1 saturated carbocycles. The molecule has 0 amide bonds. The van der Waals surface area contributed by atoms with Crippen LogP contribution in [0.5, 0.6) is 0 Å². The monoisotopic (exact) mass is 602 g/mol. The zero-order valence-electron chi connectivity index (χ0n) is 28.0. The molecular formula is C38H58N4S. The van der Waals surface area contributed by atoms with Crippen molar-refractivity contribution >= 4 is 35.1 Å². The van der Waals surface area contributed by atoms with Crippen LogP contribution < -0.4 is 15.9 Å². The minimum atomic E-state index is 0.590. The maximum atomic E-state index is 4.87. The molecule has 0 spiro atoms. The Balaban J connectivity index is 0.000000436. The van der Waals surface area contributed by atoms with Crippen LogP contribution in [0.1, 0.15) is 117 Å². The topological polar surface area (TPSA) is 32.6 Å². The van der Waals surface area contributed by atoms with E-state index in [2.05, 4.69) is 109 Å². The molecule has 1 N–H and O–H groups in total. The lowest BCUT2D eigenvalue weighted by Gasteiger charge is -2.24. The Kier molecular flexibility index (Phi) is 15.9. The summed E-state index contributed by atoms with van der Waals surface area (Å²) in [5.41, 5.74) is 5.04. The SMILES string of the molecule is CCC/C=c1/c(=C\N=C(C)Nc2ccsc2)c(-c2ccc(CC)cc2)cn1C1CCCCC1.CCCCCN(C)CCC. The molecule has 2 aromatic heterocycles. The molecule has 0 atom stereocenters. The van der Waals surface area contributed by atoms with Gasteiger partial charge in [-0.05, 0) is 88.2 Å². The van der Waals surface area contributed by atoms with Crippen LogP contribution in [0.15, 0.2) is 52.3 Å². The number of nitrogens with zero attached hydrogens (tertiary/aromatic N) is 3. The second-order valence-electron chi connectivity index (χ2n) is 12.1. The summed E-state index contributed by atoms with van der Waals surface area (Å²) in [4.78, 5) is 7.28. The predicted octanol–water partition coefficient (Wildman–Crippen LogP) is 9.65. The van der Waals surface area contributed by atoms with Crippen molar-refractivity contribution in [2.45, 2.75) is 118 Å². The lowest BCUT2D eigenvalue weighted by molar-refractivity contribution is 0.326. The Morgan fingerprint density at radius 1 is 0.977 bits per heavy atom. The summed E-state index contributed by atoms with van der Waals surface area (Å²) in [6.45, 7) is 13.5. The molecule has 5 heteroatoms. The van der Waals surface area contributed by atoms with Gasteiger partial charge in [-0.25, -0.2) is 4.99 Å². The number of unbranched alkanes of at least 4 members (excludes halogenated alkanes) is 3. The first-order valence-corrected chi connectivity index (χ1v) is 18.0. The number of hydrogen-bond donors (Lipinski definition) is 1. The summed E-state index contributed by atoms with van der Waals surface area (Å²) in [5.74, 6) is 0.910. The molecule has 4 nitrogen and oxygen atoms in total. The van der Waals surface area contributed by atoms with Crippen molar-refractivity contribution < 1.29 is 0 Å². The number of nitrogens with one attached hydrogen (secondary N) is 1. The van der Waals surface area contributed by atoms with Crippen molar-refractivity contribution in [2.75, 3.05) is 25.5 Å². The van der Waals surface area contributed by atoms with E-state index in [1.165, 1.54) is 98.1 Å². The van der Waals surface area contributed by atoms with Gasteiger partial charge in [0.2, 0.25) is 0 Å². The highest BCUT2D eigenvalue weighted by Crippen LogP contribution is 2.28. The van der Waals surface area contributed by atoms with Gasteiger partial charge in [0.15, 0.2) is 0 Å². The van der Waals surface area contributed by atoms with Crippen LogP contribution in [0.3, 0.4) is 0 Å². The molecule has 1 aliphatic rings. The summed E-state index contributed by atoms with van der Waals surface area (Å²) in [5, 5.41) is 10.2. The van der Waals surface area contributed by atoms with Gasteiger partial charge in [-0.1, -0.05) is 96.6 Å². The number of amidine groups is 1. The molecule has 43 heavy (non-hydrogen) atoms. The quantitative estimate of drug-likeness (QED) is 0.120. The van der Waals surface area contributed by atoms with Crippen LogP contribution in [0.25, 0.3) is 23.4 Å². The van der Waals surface area contributed by atoms with Crippen LogP contribution in [0, 0.1) is 0 Å². The third-order valence-corrected chi connectivity index (χ3v) is 9.05. The Bertz CT molecular complexity index is 1310. The lowest BCUT2D eigenvalue weighted by Crippen LogP contribution is -2.32. The molecule has 1 fully saturated rings. The van der Waals surface area contributed by atoms with Crippen LogP contribution in [-0.4, -0.2) is 35.4 Å². The number of aromatic nitrogens is 1. The third kappa shape index (κ3) is 11.4. The molecule has 0 saturated heterocycles. The van der Waals surface area contributed by atoms with E-state index >= 15 is 0 Å². The van der Waals surface area contributed by atoms with Crippen LogP contribution in [0.2, 0.25) is 0 Å². The van der Waals surface area contributed by atoms with Crippen molar-refractivity contribution in [2.24, 2.45) is 4.99 Å². The highest BCUT2D eigenvalue weighted by molar-refractivity contribution is 7.08. The van der Waals surface area contributed by atoms with E-state index in [0.29, 0.717) is 6.04 Å². The number of aryl methyl sites for hydroxylation is 1. The maximum absolute atomic E-state index is 4.87. The molecule has 0 bridgehead atoms. The van der Waals surface area contributed by atoms with Gasteiger partial charge in [-0.2, -0.15) is 11.3 Å². The van der Waals surface area contributed by atoms with Crippen molar-refractivity contribution in [1.82, 2.24) is 9.47 Å². The highest BCUT2D eigenvalue weighted by Gasteiger charge is 2.18. The van der Waals surface area contributed by atoms with Crippen molar-refractivity contribution in [3.05, 3.63) is 63.4 Å². The fourth-order valence-electron chi connectivity index (χ4n) is 5.86. The number of benzene rings is 1. The predicted molar refractivity (Wildman–Crippen MR) is 193 cm³/mol. The van der Waals surface area contributed by atoms with Gasteiger partial charge >= 0.3 is 0 Å². The first-order chi connectivity index (χ1) is 21.0. The zero-order valence-corrected chi connectivity index (χ0v) is 28.8. The van der Waals surface area contributed by atoms with Gasteiger partial charge in [0.25, 0.3) is 0 Å². The number of thiophene rings is 1. The van der Waals surface area contributed by atoms with Crippen molar-refractivity contribution in [3.8, 4) is 11.1 Å². The van der Waals surface area contributed by atoms with Crippen LogP contribution in [-0.2, 0) is 6.42 Å². The average Bonchev–Trinajstić information content (AvgIpc) is 3.68. The van der Waals surface area contributed by atoms with Crippen LogP contribution >= 0.6 is 11.3 Å². The number of rotatable bonds is 13.